The highest BCUT2D eigenvalue weighted by molar-refractivity contribution is 6.24. The fraction of sp³-hybridized carbons (Fsp3) is 0.348. The van der Waals surface area contributed by atoms with Crippen LogP contribution in [-0.2, 0) is 9.59 Å². The van der Waals surface area contributed by atoms with Gasteiger partial charge < -0.3 is 0 Å². The number of nitro benzene ring substituents is 1. The van der Waals surface area contributed by atoms with Crippen molar-refractivity contribution in [1.82, 2.24) is 4.90 Å². The maximum absolute atomic E-state index is 13.5. The smallest absolute Gasteiger partial charge is 0.269 e. The van der Waals surface area contributed by atoms with Gasteiger partial charge in [0.1, 0.15) is 5.82 Å². The average molecular weight is 437 g/mol. The number of nitro groups is 1. The number of hydrogen-bond donors (Lipinski definition) is 0. The topological polar surface area (TPSA) is 101 Å². The summed E-state index contributed by atoms with van der Waals surface area (Å²) in [5, 5.41) is 11.1. The number of benzene rings is 2. The minimum atomic E-state index is -0.833. The van der Waals surface area contributed by atoms with Crippen molar-refractivity contribution < 1.29 is 23.7 Å². The third-order valence-corrected chi connectivity index (χ3v) is 6.88. The van der Waals surface area contributed by atoms with Crippen LogP contribution in [0.25, 0.3) is 0 Å². The van der Waals surface area contributed by atoms with Crippen LogP contribution in [0.5, 0.6) is 0 Å². The van der Waals surface area contributed by atoms with E-state index in [0.717, 1.165) is 11.3 Å². The number of halogens is 1. The second-order valence-corrected chi connectivity index (χ2v) is 8.55. The lowest BCUT2D eigenvalue weighted by molar-refractivity contribution is -0.384. The quantitative estimate of drug-likeness (QED) is 0.316. The Kier molecular flexibility index (Phi) is 4.67. The fourth-order valence-electron chi connectivity index (χ4n) is 5.54. The molecule has 0 radical (unpaired) electrons. The third-order valence-electron chi connectivity index (χ3n) is 6.88. The van der Waals surface area contributed by atoms with Crippen molar-refractivity contribution in [3.05, 3.63) is 69.5 Å². The number of non-ortho nitro benzene ring substituents is 1. The van der Waals surface area contributed by atoms with Crippen LogP contribution in [-0.4, -0.2) is 46.0 Å². The Hall–Kier alpha value is -3.46. The first-order valence-corrected chi connectivity index (χ1v) is 10.5. The van der Waals surface area contributed by atoms with Gasteiger partial charge in [0.05, 0.1) is 28.5 Å². The molecule has 2 amide bonds. The molecular weight excluding hydrogens is 417 g/mol. The summed E-state index contributed by atoms with van der Waals surface area (Å²) in [7, 11) is 0. The zero-order chi connectivity index (χ0) is 22.7. The summed E-state index contributed by atoms with van der Waals surface area (Å²) in [6.45, 7) is 2.23. The van der Waals surface area contributed by atoms with Gasteiger partial charge in [-0.15, -0.1) is 0 Å². The van der Waals surface area contributed by atoms with Crippen molar-refractivity contribution in [1.29, 1.82) is 0 Å². The lowest BCUT2D eigenvalue weighted by Crippen LogP contribution is -2.46. The molecule has 164 valence electrons. The fourth-order valence-corrected chi connectivity index (χ4v) is 5.54. The molecule has 8 nitrogen and oxygen atoms in total. The molecule has 9 heteroatoms. The van der Waals surface area contributed by atoms with Gasteiger partial charge in [-0.25, -0.2) is 9.29 Å². The first-order valence-electron chi connectivity index (χ1n) is 10.5. The van der Waals surface area contributed by atoms with Crippen LogP contribution in [0.4, 0.5) is 15.8 Å². The molecule has 3 aliphatic heterocycles. The standard InChI is InChI=1S/C23H20FN3O5/c1-12-11-15(27(31)32)8-9-16(12)26-22(29)18-17-3-2-10-25(17)20(19(18)23(26)30)21(28)13-4-6-14(24)7-5-13/h4-9,11,17-20H,2-3,10H2,1H3/t17-,18+,19-,20+/m1/s1. The van der Waals surface area contributed by atoms with Crippen molar-refractivity contribution in [2.24, 2.45) is 11.8 Å². The number of anilines is 1. The molecule has 3 saturated heterocycles. The van der Waals surface area contributed by atoms with Crippen LogP contribution in [0.1, 0.15) is 28.8 Å². The Labute approximate surface area is 182 Å². The SMILES string of the molecule is Cc1cc([N+](=O)[O-])ccc1N1C(=O)[C@@H]2[C@@H](C1=O)[C@@H](C(=O)c1ccc(F)cc1)N1CCC[C@H]21. The van der Waals surface area contributed by atoms with Gasteiger partial charge in [0, 0.05) is 23.7 Å². The molecule has 0 aromatic heterocycles. The molecule has 0 bridgehead atoms. The Bertz CT molecular complexity index is 1160. The normalized spacial score (nSPS) is 27.0. The molecule has 0 saturated carbocycles. The first-order chi connectivity index (χ1) is 15.3. The largest absolute Gasteiger partial charge is 0.292 e. The number of Topliss-reactive ketones (excluding diaryl/α,β-unsaturated/α-hetero) is 1. The zero-order valence-electron chi connectivity index (χ0n) is 17.2. The number of aryl methyl sites for hydroxylation is 1. The van der Waals surface area contributed by atoms with E-state index >= 15 is 0 Å². The summed E-state index contributed by atoms with van der Waals surface area (Å²) in [5.41, 5.74) is 0.910. The van der Waals surface area contributed by atoms with E-state index in [1.165, 1.54) is 42.5 Å². The number of nitrogens with zero attached hydrogens (tertiary/aromatic N) is 3. The Morgan fingerprint density at radius 1 is 1.09 bits per heavy atom. The van der Waals surface area contributed by atoms with Crippen LogP contribution in [0.15, 0.2) is 42.5 Å². The van der Waals surface area contributed by atoms with E-state index in [1.54, 1.807) is 6.92 Å². The molecule has 2 aromatic carbocycles. The van der Waals surface area contributed by atoms with Crippen LogP contribution >= 0.6 is 0 Å². The maximum Gasteiger partial charge on any atom is 0.269 e. The molecule has 0 unspecified atom stereocenters. The van der Waals surface area contributed by atoms with Crippen molar-refractivity contribution in [2.75, 3.05) is 11.4 Å². The molecule has 32 heavy (non-hydrogen) atoms. The summed E-state index contributed by atoms with van der Waals surface area (Å²) in [5.74, 6) is -3.08. The van der Waals surface area contributed by atoms with E-state index in [1.807, 2.05) is 4.90 Å². The minimum Gasteiger partial charge on any atom is -0.292 e. The van der Waals surface area contributed by atoms with Gasteiger partial charge in [0.15, 0.2) is 5.78 Å². The van der Waals surface area contributed by atoms with Crippen LogP contribution in [0, 0.1) is 34.7 Å². The molecule has 3 aliphatic rings. The van der Waals surface area contributed by atoms with Crippen molar-refractivity contribution in [3.63, 3.8) is 0 Å². The monoisotopic (exact) mass is 437 g/mol. The number of rotatable bonds is 4. The molecular formula is C23H20FN3O5. The van der Waals surface area contributed by atoms with Gasteiger partial charge in [0.2, 0.25) is 11.8 Å². The van der Waals surface area contributed by atoms with Gasteiger partial charge >= 0.3 is 0 Å². The summed E-state index contributed by atoms with van der Waals surface area (Å²) >= 11 is 0. The number of carbonyl (C=O) groups is 3. The lowest BCUT2D eigenvalue weighted by atomic mass is 9.85. The second kappa shape index (κ2) is 7.30. The van der Waals surface area contributed by atoms with E-state index in [2.05, 4.69) is 0 Å². The maximum atomic E-state index is 13.5. The molecule has 0 N–H and O–H groups in total. The highest BCUT2D eigenvalue weighted by Crippen LogP contribution is 2.49. The molecule has 2 aromatic rings. The van der Waals surface area contributed by atoms with Crippen LogP contribution in [0.3, 0.4) is 0 Å². The highest BCUT2D eigenvalue weighted by Gasteiger charge is 2.64. The number of carbonyl (C=O) groups excluding carboxylic acids is 3. The number of amides is 2. The van der Waals surface area contributed by atoms with Gasteiger partial charge in [-0.2, -0.15) is 0 Å². The average Bonchev–Trinajstić information content (AvgIpc) is 3.40. The number of fused-ring (bicyclic) bond motifs is 3. The Morgan fingerprint density at radius 2 is 1.78 bits per heavy atom. The van der Waals surface area contributed by atoms with E-state index in [0.29, 0.717) is 29.8 Å². The molecule has 0 aliphatic carbocycles. The van der Waals surface area contributed by atoms with Crippen molar-refractivity contribution in [3.8, 4) is 0 Å². The number of imide groups is 1. The number of hydrogen-bond acceptors (Lipinski definition) is 6. The highest BCUT2D eigenvalue weighted by atomic mass is 19.1. The van der Waals surface area contributed by atoms with E-state index in [4.69, 9.17) is 0 Å². The molecule has 0 spiro atoms. The second-order valence-electron chi connectivity index (χ2n) is 8.55. The van der Waals surface area contributed by atoms with Crippen LogP contribution < -0.4 is 4.90 Å². The predicted octanol–water partition coefficient (Wildman–Crippen LogP) is 2.88. The Balaban J connectivity index is 1.54. The predicted molar refractivity (Wildman–Crippen MR) is 112 cm³/mol. The zero-order valence-corrected chi connectivity index (χ0v) is 17.2. The summed E-state index contributed by atoms with van der Waals surface area (Å²) < 4.78 is 13.4. The molecule has 4 atom stereocenters. The van der Waals surface area contributed by atoms with Gasteiger partial charge in [-0.3, -0.25) is 29.4 Å². The van der Waals surface area contributed by atoms with E-state index < -0.39 is 34.5 Å². The van der Waals surface area contributed by atoms with Gasteiger partial charge in [-0.1, -0.05) is 0 Å². The van der Waals surface area contributed by atoms with Gasteiger partial charge in [-0.05, 0) is 62.2 Å². The third kappa shape index (κ3) is 2.88. The van der Waals surface area contributed by atoms with Crippen molar-refractivity contribution in [2.45, 2.75) is 31.8 Å². The number of ketones is 1. The van der Waals surface area contributed by atoms with Crippen molar-refractivity contribution >= 4 is 29.0 Å². The molecule has 3 fully saturated rings. The first kappa shape index (κ1) is 20.4. The lowest BCUT2D eigenvalue weighted by Gasteiger charge is -2.28. The summed E-state index contributed by atoms with van der Waals surface area (Å²) in [6.07, 6.45) is 1.53. The van der Waals surface area contributed by atoms with Crippen LogP contribution in [0.2, 0.25) is 0 Å². The summed E-state index contributed by atoms with van der Waals surface area (Å²) in [6, 6.07) is 8.20. The molecule has 3 heterocycles. The Morgan fingerprint density at radius 3 is 2.44 bits per heavy atom. The van der Waals surface area contributed by atoms with E-state index in [9.17, 15) is 28.9 Å². The van der Waals surface area contributed by atoms with Gasteiger partial charge in [0.25, 0.3) is 5.69 Å². The summed E-state index contributed by atoms with van der Waals surface area (Å²) in [4.78, 5) is 54.0. The molecule has 5 rings (SSSR count). The van der Waals surface area contributed by atoms with E-state index in [-0.39, 0.29) is 23.4 Å². The minimum absolute atomic E-state index is 0.128.